The van der Waals surface area contributed by atoms with Crippen molar-refractivity contribution >= 4 is 27.6 Å². The van der Waals surface area contributed by atoms with Gasteiger partial charge in [-0.2, -0.15) is 5.26 Å². The minimum absolute atomic E-state index is 0.202. The van der Waals surface area contributed by atoms with Gasteiger partial charge in [-0.1, -0.05) is 15.9 Å². The lowest BCUT2D eigenvalue weighted by atomic mass is 10.1. The van der Waals surface area contributed by atoms with Crippen LogP contribution < -0.4 is 4.90 Å². The Morgan fingerprint density at radius 2 is 2.45 bits per heavy atom. The van der Waals surface area contributed by atoms with E-state index in [1.807, 2.05) is 12.1 Å². The third-order valence-corrected chi connectivity index (χ3v) is 3.67. The number of nitriles is 1. The fraction of sp³-hybridized carbons (Fsp3) is 0.429. The highest BCUT2D eigenvalue weighted by atomic mass is 79.9. The molecular formula is C14H15BrN2O3. The Morgan fingerprint density at radius 3 is 3.15 bits per heavy atom. The molecule has 1 unspecified atom stereocenters. The number of carbonyl (C=O) groups is 1. The van der Waals surface area contributed by atoms with E-state index in [1.54, 1.807) is 6.07 Å². The van der Waals surface area contributed by atoms with Gasteiger partial charge in [0, 0.05) is 17.6 Å². The number of methoxy groups -OCH3 is 1. The van der Waals surface area contributed by atoms with Crippen molar-refractivity contribution < 1.29 is 14.3 Å². The molecule has 0 bridgehead atoms. The van der Waals surface area contributed by atoms with E-state index in [-0.39, 0.29) is 18.5 Å². The summed E-state index contributed by atoms with van der Waals surface area (Å²) in [5.41, 5.74) is 1.48. The first-order valence-electron chi connectivity index (χ1n) is 6.27. The van der Waals surface area contributed by atoms with Crippen LogP contribution in [-0.2, 0) is 14.3 Å². The Morgan fingerprint density at radius 1 is 1.65 bits per heavy atom. The average Bonchev–Trinajstić information content (AvgIpc) is 2.47. The minimum Gasteiger partial charge on any atom is -0.469 e. The van der Waals surface area contributed by atoms with Crippen molar-refractivity contribution in [1.29, 1.82) is 5.26 Å². The molecule has 0 aromatic heterocycles. The van der Waals surface area contributed by atoms with E-state index in [9.17, 15) is 10.1 Å². The molecule has 0 radical (unpaired) electrons. The van der Waals surface area contributed by atoms with Crippen molar-refractivity contribution in [2.45, 2.75) is 12.5 Å². The molecule has 0 aliphatic carbocycles. The molecule has 1 heterocycles. The van der Waals surface area contributed by atoms with Gasteiger partial charge in [0.05, 0.1) is 37.5 Å². The second kappa shape index (κ2) is 6.73. The molecule has 1 aromatic carbocycles. The maximum absolute atomic E-state index is 11.3. The number of halogens is 1. The van der Waals surface area contributed by atoms with E-state index in [0.29, 0.717) is 25.3 Å². The third-order valence-electron chi connectivity index (χ3n) is 3.18. The Bertz CT molecular complexity index is 542. The summed E-state index contributed by atoms with van der Waals surface area (Å²) in [6, 6.07) is 7.80. The van der Waals surface area contributed by atoms with E-state index in [1.165, 1.54) is 7.11 Å². The SMILES string of the molecule is COC(=O)CC1CN(c2ccc(Br)cc2C#N)CCO1. The number of anilines is 1. The molecule has 1 saturated heterocycles. The smallest absolute Gasteiger partial charge is 0.308 e. The molecule has 1 aliphatic heterocycles. The highest BCUT2D eigenvalue weighted by molar-refractivity contribution is 9.10. The van der Waals surface area contributed by atoms with Gasteiger partial charge in [0.15, 0.2) is 0 Å². The number of ether oxygens (including phenoxy) is 2. The molecule has 0 N–H and O–H groups in total. The van der Waals surface area contributed by atoms with Gasteiger partial charge in [0.2, 0.25) is 0 Å². The maximum Gasteiger partial charge on any atom is 0.308 e. The number of benzene rings is 1. The van der Waals surface area contributed by atoms with Gasteiger partial charge in [0.25, 0.3) is 0 Å². The van der Waals surface area contributed by atoms with E-state index in [2.05, 4.69) is 31.6 Å². The summed E-state index contributed by atoms with van der Waals surface area (Å²) in [6.07, 6.45) is 0.0252. The molecule has 5 nitrogen and oxygen atoms in total. The predicted octanol–water partition coefficient (Wildman–Crippen LogP) is 2.09. The summed E-state index contributed by atoms with van der Waals surface area (Å²) >= 11 is 3.36. The van der Waals surface area contributed by atoms with Gasteiger partial charge in [-0.25, -0.2) is 0 Å². The second-order valence-corrected chi connectivity index (χ2v) is 5.41. The number of hydrogen-bond donors (Lipinski definition) is 0. The maximum atomic E-state index is 11.3. The van der Waals surface area contributed by atoms with Crippen LogP contribution in [0.25, 0.3) is 0 Å². The van der Waals surface area contributed by atoms with E-state index in [4.69, 9.17) is 4.74 Å². The molecule has 0 saturated carbocycles. The van der Waals surface area contributed by atoms with Gasteiger partial charge in [-0.15, -0.1) is 0 Å². The van der Waals surface area contributed by atoms with Crippen LogP contribution in [0.3, 0.4) is 0 Å². The van der Waals surface area contributed by atoms with Crippen molar-refractivity contribution in [2.75, 3.05) is 31.7 Å². The van der Waals surface area contributed by atoms with Gasteiger partial charge in [-0.3, -0.25) is 4.79 Å². The molecule has 1 fully saturated rings. The summed E-state index contributed by atoms with van der Waals surface area (Å²) in [6.45, 7) is 1.81. The molecular weight excluding hydrogens is 324 g/mol. The molecule has 1 atom stereocenters. The van der Waals surface area contributed by atoms with Crippen LogP contribution in [0, 0.1) is 11.3 Å². The van der Waals surface area contributed by atoms with Crippen LogP contribution in [0.15, 0.2) is 22.7 Å². The number of esters is 1. The monoisotopic (exact) mass is 338 g/mol. The molecule has 1 aliphatic rings. The topological polar surface area (TPSA) is 62.6 Å². The first kappa shape index (κ1) is 14.8. The van der Waals surface area contributed by atoms with Crippen molar-refractivity contribution in [3.05, 3.63) is 28.2 Å². The molecule has 6 heteroatoms. The van der Waals surface area contributed by atoms with E-state index in [0.717, 1.165) is 10.2 Å². The van der Waals surface area contributed by atoms with Crippen LogP contribution in [0.1, 0.15) is 12.0 Å². The lowest BCUT2D eigenvalue weighted by Gasteiger charge is -2.34. The normalized spacial score (nSPS) is 18.4. The van der Waals surface area contributed by atoms with Gasteiger partial charge in [0.1, 0.15) is 6.07 Å². The Kier molecular flexibility index (Phi) is 4.99. The van der Waals surface area contributed by atoms with Crippen LogP contribution in [0.4, 0.5) is 5.69 Å². The van der Waals surface area contributed by atoms with Crippen LogP contribution in [-0.4, -0.2) is 38.9 Å². The molecule has 0 spiro atoms. The van der Waals surface area contributed by atoms with Crippen molar-refractivity contribution in [3.63, 3.8) is 0 Å². The van der Waals surface area contributed by atoms with Gasteiger partial charge in [-0.05, 0) is 18.2 Å². The molecule has 20 heavy (non-hydrogen) atoms. The summed E-state index contributed by atoms with van der Waals surface area (Å²) in [4.78, 5) is 13.4. The summed E-state index contributed by atoms with van der Waals surface area (Å²) in [5, 5.41) is 9.22. The van der Waals surface area contributed by atoms with Crippen LogP contribution >= 0.6 is 15.9 Å². The first-order valence-corrected chi connectivity index (χ1v) is 7.06. The Hall–Kier alpha value is -1.58. The summed E-state index contributed by atoms with van der Waals surface area (Å²) < 4.78 is 11.1. The third kappa shape index (κ3) is 3.50. The number of nitrogens with zero attached hydrogens (tertiary/aromatic N) is 2. The Balaban J connectivity index is 2.13. The lowest BCUT2D eigenvalue weighted by molar-refractivity contribution is -0.144. The predicted molar refractivity (Wildman–Crippen MR) is 77.4 cm³/mol. The highest BCUT2D eigenvalue weighted by Crippen LogP contribution is 2.26. The standard InChI is InChI=1S/C14H15BrN2O3/c1-19-14(18)7-12-9-17(4-5-20-12)13-3-2-11(15)6-10(13)8-16/h2-3,6,12H,4-5,7,9H2,1H3. The van der Waals surface area contributed by atoms with E-state index >= 15 is 0 Å². The van der Waals surface area contributed by atoms with Gasteiger partial charge < -0.3 is 14.4 Å². The second-order valence-electron chi connectivity index (χ2n) is 4.49. The zero-order chi connectivity index (χ0) is 14.5. The van der Waals surface area contributed by atoms with Crippen molar-refractivity contribution in [3.8, 4) is 6.07 Å². The minimum atomic E-state index is -0.284. The molecule has 0 amide bonds. The number of morpholine rings is 1. The van der Waals surface area contributed by atoms with Gasteiger partial charge >= 0.3 is 5.97 Å². The van der Waals surface area contributed by atoms with E-state index < -0.39 is 0 Å². The average molecular weight is 339 g/mol. The first-order chi connectivity index (χ1) is 9.63. The summed E-state index contributed by atoms with van der Waals surface area (Å²) in [7, 11) is 1.37. The number of hydrogen-bond acceptors (Lipinski definition) is 5. The summed E-state index contributed by atoms with van der Waals surface area (Å²) in [5.74, 6) is -0.284. The molecule has 1 aromatic rings. The van der Waals surface area contributed by atoms with Crippen LogP contribution in [0.5, 0.6) is 0 Å². The number of rotatable bonds is 3. The molecule has 106 valence electrons. The molecule has 2 rings (SSSR count). The highest BCUT2D eigenvalue weighted by Gasteiger charge is 2.24. The fourth-order valence-electron chi connectivity index (χ4n) is 2.20. The van der Waals surface area contributed by atoms with Crippen molar-refractivity contribution in [2.24, 2.45) is 0 Å². The number of carbonyl (C=O) groups excluding carboxylic acids is 1. The quantitative estimate of drug-likeness (QED) is 0.789. The Labute approximate surface area is 126 Å². The van der Waals surface area contributed by atoms with Crippen molar-refractivity contribution in [1.82, 2.24) is 0 Å². The van der Waals surface area contributed by atoms with Crippen LogP contribution in [0.2, 0.25) is 0 Å². The zero-order valence-corrected chi connectivity index (χ0v) is 12.7. The fourth-order valence-corrected chi connectivity index (χ4v) is 2.57. The lowest BCUT2D eigenvalue weighted by Crippen LogP contribution is -2.43. The largest absolute Gasteiger partial charge is 0.469 e. The zero-order valence-electron chi connectivity index (χ0n) is 11.1.